The molecule has 0 spiro atoms. The van der Waals surface area contributed by atoms with E-state index in [2.05, 4.69) is 5.32 Å². The zero-order valence-corrected chi connectivity index (χ0v) is 7.77. The monoisotopic (exact) mass is 153 g/mol. The lowest BCUT2D eigenvalue weighted by molar-refractivity contribution is -0.111. The number of amides is 1. The predicted octanol–water partition coefficient (Wildman–Crippen LogP) is 1.27. The number of carbonyl (C=O) groups is 1. The molecule has 0 saturated carbocycles. The Labute approximate surface area is 70.2 Å². The van der Waals surface area contributed by atoms with E-state index in [1.54, 1.807) is 0 Å². The molecule has 0 rings (SSSR count). The van der Waals surface area contributed by atoms with Gasteiger partial charge in [0.1, 0.15) is 0 Å². The van der Waals surface area contributed by atoms with Crippen LogP contribution in [-0.2, 0) is 4.79 Å². The van der Waals surface area contributed by atoms with Gasteiger partial charge in [-0.2, -0.15) is 0 Å². The first kappa shape index (κ1) is 10.5. The Morgan fingerprint density at radius 2 is 1.82 bits per heavy atom. The molecule has 0 heterocycles. The van der Waals surface area contributed by atoms with E-state index in [1.807, 2.05) is 27.7 Å². The van der Waals surface area contributed by atoms with E-state index in [9.17, 15) is 4.79 Å². The van der Waals surface area contributed by atoms with Gasteiger partial charge in [0.15, 0.2) is 0 Å². The summed E-state index contributed by atoms with van der Waals surface area (Å²) in [5.74, 6) is 0. The summed E-state index contributed by atoms with van der Waals surface area (Å²) < 4.78 is 0. The van der Waals surface area contributed by atoms with E-state index in [-0.39, 0.29) is 10.9 Å². The normalized spacial score (nSPS) is 12.7. The molecule has 2 nitrogen and oxygen atoms in total. The maximum Gasteiger partial charge on any atom is 0.207 e. The van der Waals surface area contributed by atoms with E-state index >= 15 is 0 Å². The quantitative estimate of drug-likeness (QED) is 0.478. The standard InChI is InChI=1S/C8H16BNO/c1-7(2,9)5-8(3,4)10-6-11/h6H,5H2,1-4H3,(H,10,11). The van der Waals surface area contributed by atoms with Gasteiger partial charge in [-0.15, -0.1) is 0 Å². The Kier molecular flexibility index (Phi) is 3.15. The SMILES string of the molecule is [B]C(C)(C)CC(C)(C)NC=O. The van der Waals surface area contributed by atoms with Crippen LogP contribution in [0.2, 0.25) is 5.31 Å². The van der Waals surface area contributed by atoms with Gasteiger partial charge in [0.2, 0.25) is 6.41 Å². The lowest BCUT2D eigenvalue weighted by Crippen LogP contribution is -2.40. The van der Waals surface area contributed by atoms with Crippen LogP contribution in [0.3, 0.4) is 0 Å². The second-order valence-corrected chi connectivity index (χ2v) is 4.31. The predicted molar refractivity (Wildman–Crippen MR) is 47.7 cm³/mol. The van der Waals surface area contributed by atoms with Gasteiger partial charge in [-0.1, -0.05) is 19.2 Å². The molecule has 0 unspecified atom stereocenters. The number of rotatable bonds is 4. The summed E-state index contributed by atoms with van der Waals surface area (Å²) in [4.78, 5) is 10.2. The fraction of sp³-hybridized carbons (Fsp3) is 0.875. The topological polar surface area (TPSA) is 29.1 Å². The Bertz CT molecular complexity index is 138. The molecule has 11 heavy (non-hydrogen) atoms. The van der Waals surface area contributed by atoms with Crippen LogP contribution < -0.4 is 5.32 Å². The highest BCUT2D eigenvalue weighted by Gasteiger charge is 2.23. The van der Waals surface area contributed by atoms with Crippen molar-refractivity contribution in [3.8, 4) is 0 Å². The summed E-state index contributed by atoms with van der Waals surface area (Å²) in [5, 5.41) is 2.48. The third-order valence-corrected chi connectivity index (χ3v) is 1.35. The van der Waals surface area contributed by atoms with Crippen molar-refractivity contribution in [2.24, 2.45) is 0 Å². The molecule has 0 fully saturated rings. The van der Waals surface area contributed by atoms with Crippen LogP contribution >= 0.6 is 0 Å². The van der Waals surface area contributed by atoms with Crippen molar-refractivity contribution in [3.05, 3.63) is 0 Å². The Morgan fingerprint density at radius 1 is 1.36 bits per heavy atom. The van der Waals surface area contributed by atoms with Gasteiger partial charge in [-0.3, -0.25) is 4.79 Å². The third-order valence-electron chi connectivity index (χ3n) is 1.35. The minimum absolute atomic E-state index is 0.208. The molecule has 0 aliphatic carbocycles. The summed E-state index contributed by atoms with van der Waals surface area (Å²) in [6.45, 7) is 7.80. The van der Waals surface area contributed by atoms with E-state index in [0.717, 1.165) is 6.42 Å². The van der Waals surface area contributed by atoms with Crippen LogP contribution in [0.25, 0.3) is 0 Å². The second-order valence-electron chi connectivity index (χ2n) is 4.31. The average Bonchev–Trinajstić information content (AvgIpc) is 1.55. The smallest absolute Gasteiger partial charge is 0.207 e. The fourth-order valence-electron chi connectivity index (χ4n) is 1.35. The van der Waals surface area contributed by atoms with Crippen LogP contribution in [0.5, 0.6) is 0 Å². The molecule has 0 saturated heterocycles. The molecule has 0 aromatic carbocycles. The Hall–Kier alpha value is -0.465. The van der Waals surface area contributed by atoms with Crippen molar-refractivity contribution < 1.29 is 4.79 Å². The molecule has 0 aromatic heterocycles. The summed E-state index contributed by atoms with van der Waals surface area (Å²) in [6.07, 6.45) is 1.48. The number of hydrogen-bond acceptors (Lipinski definition) is 1. The first-order valence-corrected chi connectivity index (χ1v) is 3.77. The summed E-state index contributed by atoms with van der Waals surface area (Å²) in [5.41, 5.74) is -0.208. The zero-order valence-electron chi connectivity index (χ0n) is 7.77. The lowest BCUT2D eigenvalue weighted by Gasteiger charge is -2.32. The van der Waals surface area contributed by atoms with Gasteiger partial charge in [-0.25, -0.2) is 0 Å². The van der Waals surface area contributed by atoms with E-state index in [1.165, 1.54) is 0 Å². The second kappa shape index (κ2) is 3.29. The first-order chi connectivity index (χ1) is 4.77. The van der Waals surface area contributed by atoms with Gasteiger partial charge in [0.25, 0.3) is 0 Å². The van der Waals surface area contributed by atoms with E-state index in [0.29, 0.717) is 6.41 Å². The fourth-order valence-corrected chi connectivity index (χ4v) is 1.35. The van der Waals surface area contributed by atoms with Crippen molar-refractivity contribution in [2.45, 2.75) is 45.0 Å². The van der Waals surface area contributed by atoms with Gasteiger partial charge in [0, 0.05) is 5.54 Å². The molecular formula is C8H16BNO. The van der Waals surface area contributed by atoms with Crippen molar-refractivity contribution in [1.29, 1.82) is 0 Å². The van der Waals surface area contributed by atoms with Gasteiger partial charge in [0.05, 0.1) is 7.85 Å². The highest BCUT2D eigenvalue weighted by molar-refractivity contribution is 6.14. The molecule has 2 radical (unpaired) electrons. The minimum Gasteiger partial charge on any atom is -0.354 e. The van der Waals surface area contributed by atoms with Gasteiger partial charge in [-0.05, 0) is 20.3 Å². The molecule has 3 heteroatoms. The zero-order chi connectivity index (χ0) is 9.12. The van der Waals surface area contributed by atoms with Crippen molar-refractivity contribution in [1.82, 2.24) is 5.32 Å². The van der Waals surface area contributed by atoms with Crippen molar-refractivity contribution in [2.75, 3.05) is 0 Å². The van der Waals surface area contributed by atoms with E-state index in [4.69, 9.17) is 7.85 Å². The molecule has 0 atom stereocenters. The highest BCUT2D eigenvalue weighted by atomic mass is 16.1. The lowest BCUT2D eigenvalue weighted by atomic mass is 9.66. The molecule has 1 N–H and O–H groups in total. The number of hydrogen-bond donors (Lipinski definition) is 1. The summed E-state index contributed by atoms with van der Waals surface area (Å²) in [6, 6.07) is 0. The Morgan fingerprint density at radius 3 is 2.09 bits per heavy atom. The van der Waals surface area contributed by atoms with Crippen molar-refractivity contribution in [3.63, 3.8) is 0 Å². The average molecular weight is 153 g/mol. The molecule has 0 aliphatic heterocycles. The first-order valence-electron chi connectivity index (χ1n) is 3.77. The van der Waals surface area contributed by atoms with Crippen LogP contribution in [0.4, 0.5) is 0 Å². The molecular weight excluding hydrogens is 137 g/mol. The van der Waals surface area contributed by atoms with Crippen LogP contribution in [-0.4, -0.2) is 19.8 Å². The molecule has 62 valence electrons. The minimum atomic E-state index is -0.237. The molecule has 1 amide bonds. The van der Waals surface area contributed by atoms with Crippen molar-refractivity contribution >= 4 is 14.3 Å². The largest absolute Gasteiger partial charge is 0.354 e. The summed E-state index contributed by atoms with van der Waals surface area (Å²) in [7, 11) is 5.80. The maximum absolute atomic E-state index is 10.2. The molecule has 0 bridgehead atoms. The summed E-state index contributed by atoms with van der Waals surface area (Å²) >= 11 is 0. The maximum atomic E-state index is 10.2. The number of nitrogens with one attached hydrogen (secondary N) is 1. The third kappa shape index (κ3) is 5.95. The van der Waals surface area contributed by atoms with Gasteiger partial charge >= 0.3 is 0 Å². The molecule has 0 aliphatic rings. The van der Waals surface area contributed by atoms with E-state index < -0.39 is 0 Å². The molecule has 0 aromatic rings. The van der Waals surface area contributed by atoms with Crippen LogP contribution in [0.15, 0.2) is 0 Å². The Balaban J connectivity index is 4.00. The van der Waals surface area contributed by atoms with Crippen LogP contribution in [0.1, 0.15) is 34.1 Å². The van der Waals surface area contributed by atoms with Crippen LogP contribution in [0, 0.1) is 0 Å². The number of carbonyl (C=O) groups excluding carboxylic acids is 1. The highest BCUT2D eigenvalue weighted by Crippen LogP contribution is 2.30. The van der Waals surface area contributed by atoms with Gasteiger partial charge < -0.3 is 5.32 Å².